The molecule has 5 nitrogen and oxygen atoms in total. The third kappa shape index (κ3) is 3.22. The highest BCUT2D eigenvalue weighted by Crippen LogP contribution is 2.27. The standard InChI is InChI=1S/C15H22N2O3/c1-10-9-16-7-6-12(10)17-15(18)11-4-5-13(19-2)14(8-11)20-3/h4-5,8,10,12,16H,6-7,9H2,1-3H3,(H,17,18). The fourth-order valence-electron chi connectivity index (χ4n) is 2.46. The minimum Gasteiger partial charge on any atom is -0.493 e. The zero-order valence-corrected chi connectivity index (χ0v) is 12.2. The summed E-state index contributed by atoms with van der Waals surface area (Å²) < 4.78 is 10.4. The fraction of sp³-hybridized carbons (Fsp3) is 0.533. The van der Waals surface area contributed by atoms with E-state index in [0.717, 1.165) is 19.5 Å². The number of hydrogen-bond donors (Lipinski definition) is 2. The van der Waals surface area contributed by atoms with Gasteiger partial charge >= 0.3 is 0 Å². The zero-order chi connectivity index (χ0) is 14.5. The summed E-state index contributed by atoms with van der Waals surface area (Å²) >= 11 is 0. The second-order valence-corrected chi connectivity index (χ2v) is 5.12. The van der Waals surface area contributed by atoms with Gasteiger partial charge < -0.3 is 20.1 Å². The molecule has 1 aliphatic heterocycles. The van der Waals surface area contributed by atoms with Crippen LogP contribution in [0.15, 0.2) is 18.2 Å². The number of nitrogens with one attached hydrogen (secondary N) is 2. The van der Waals surface area contributed by atoms with Crippen molar-refractivity contribution in [2.45, 2.75) is 19.4 Å². The van der Waals surface area contributed by atoms with Gasteiger partial charge in [-0.15, -0.1) is 0 Å². The van der Waals surface area contributed by atoms with Gasteiger partial charge in [-0.3, -0.25) is 4.79 Å². The first-order chi connectivity index (χ1) is 9.65. The Morgan fingerprint density at radius 2 is 2.05 bits per heavy atom. The Hall–Kier alpha value is -1.75. The normalized spacial score (nSPS) is 22.1. The number of methoxy groups -OCH3 is 2. The monoisotopic (exact) mass is 278 g/mol. The van der Waals surface area contributed by atoms with Crippen LogP contribution in [0.2, 0.25) is 0 Å². The summed E-state index contributed by atoms with van der Waals surface area (Å²) in [6.07, 6.45) is 0.959. The molecule has 0 bridgehead atoms. The first-order valence-corrected chi connectivity index (χ1v) is 6.89. The maximum absolute atomic E-state index is 12.3. The molecular formula is C15H22N2O3. The summed E-state index contributed by atoms with van der Waals surface area (Å²) in [5.74, 6) is 1.57. The molecule has 1 aromatic carbocycles. The van der Waals surface area contributed by atoms with Crippen LogP contribution in [0.3, 0.4) is 0 Å². The van der Waals surface area contributed by atoms with Crippen molar-refractivity contribution in [3.63, 3.8) is 0 Å². The molecule has 110 valence electrons. The Kier molecular flexibility index (Phi) is 4.84. The Morgan fingerprint density at radius 1 is 1.30 bits per heavy atom. The molecule has 1 saturated heterocycles. The number of ether oxygens (including phenoxy) is 2. The summed E-state index contributed by atoms with van der Waals surface area (Å²) in [4.78, 5) is 12.3. The number of benzene rings is 1. The van der Waals surface area contributed by atoms with E-state index in [2.05, 4.69) is 17.6 Å². The van der Waals surface area contributed by atoms with E-state index in [1.165, 1.54) is 0 Å². The number of rotatable bonds is 4. The predicted octanol–water partition coefficient (Wildman–Crippen LogP) is 1.43. The topological polar surface area (TPSA) is 59.6 Å². The van der Waals surface area contributed by atoms with E-state index >= 15 is 0 Å². The lowest BCUT2D eigenvalue weighted by atomic mass is 9.95. The van der Waals surface area contributed by atoms with E-state index < -0.39 is 0 Å². The van der Waals surface area contributed by atoms with Crippen molar-refractivity contribution in [3.05, 3.63) is 23.8 Å². The highest BCUT2D eigenvalue weighted by atomic mass is 16.5. The lowest BCUT2D eigenvalue weighted by Gasteiger charge is -2.30. The van der Waals surface area contributed by atoms with Crippen LogP contribution in [0, 0.1) is 5.92 Å². The van der Waals surface area contributed by atoms with Gasteiger partial charge in [0, 0.05) is 11.6 Å². The Balaban J connectivity index is 2.08. The molecule has 2 rings (SSSR count). The SMILES string of the molecule is COc1ccc(C(=O)NC2CCNCC2C)cc1OC. The first kappa shape index (κ1) is 14.7. The summed E-state index contributed by atoms with van der Waals surface area (Å²) in [6.45, 7) is 4.03. The molecular weight excluding hydrogens is 256 g/mol. The second kappa shape index (κ2) is 6.61. The molecule has 1 aromatic rings. The van der Waals surface area contributed by atoms with E-state index in [9.17, 15) is 4.79 Å². The summed E-state index contributed by atoms with van der Waals surface area (Å²) in [5, 5.41) is 6.42. The van der Waals surface area contributed by atoms with Crippen LogP contribution in [0.5, 0.6) is 11.5 Å². The molecule has 1 aliphatic rings. The quantitative estimate of drug-likeness (QED) is 0.875. The van der Waals surface area contributed by atoms with Gasteiger partial charge in [0.1, 0.15) is 0 Å². The van der Waals surface area contributed by atoms with Gasteiger partial charge in [-0.1, -0.05) is 6.92 Å². The molecule has 2 unspecified atom stereocenters. The van der Waals surface area contributed by atoms with Crippen LogP contribution in [0.4, 0.5) is 0 Å². The van der Waals surface area contributed by atoms with Gasteiger partial charge in [0.05, 0.1) is 14.2 Å². The smallest absolute Gasteiger partial charge is 0.251 e. The van der Waals surface area contributed by atoms with Crippen molar-refractivity contribution in [1.29, 1.82) is 0 Å². The van der Waals surface area contributed by atoms with Gasteiger partial charge in [-0.05, 0) is 43.6 Å². The van der Waals surface area contributed by atoms with E-state index in [1.54, 1.807) is 32.4 Å². The molecule has 0 saturated carbocycles. The maximum Gasteiger partial charge on any atom is 0.251 e. The number of amides is 1. The van der Waals surface area contributed by atoms with Crippen LogP contribution in [0.25, 0.3) is 0 Å². The van der Waals surface area contributed by atoms with Gasteiger partial charge in [0.15, 0.2) is 11.5 Å². The summed E-state index contributed by atoms with van der Waals surface area (Å²) in [5.41, 5.74) is 0.591. The second-order valence-electron chi connectivity index (χ2n) is 5.12. The van der Waals surface area contributed by atoms with Gasteiger partial charge in [0.2, 0.25) is 0 Å². The predicted molar refractivity (Wildman–Crippen MR) is 77.5 cm³/mol. The van der Waals surface area contributed by atoms with Crippen molar-refractivity contribution in [2.75, 3.05) is 27.3 Å². The Morgan fingerprint density at radius 3 is 2.70 bits per heavy atom. The van der Waals surface area contributed by atoms with Crippen molar-refractivity contribution in [1.82, 2.24) is 10.6 Å². The maximum atomic E-state index is 12.3. The van der Waals surface area contributed by atoms with E-state index in [0.29, 0.717) is 23.0 Å². The van der Waals surface area contributed by atoms with E-state index in [1.807, 2.05) is 0 Å². The zero-order valence-electron chi connectivity index (χ0n) is 12.2. The molecule has 0 radical (unpaired) electrons. The summed E-state index contributed by atoms with van der Waals surface area (Å²) in [7, 11) is 3.14. The fourth-order valence-corrected chi connectivity index (χ4v) is 2.46. The van der Waals surface area contributed by atoms with Gasteiger partial charge in [-0.25, -0.2) is 0 Å². The number of hydrogen-bond acceptors (Lipinski definition) is 4. The molecule has 0 aromatic heterocycles. The molecule has 0 spiro atoms. The molecule has 2 N–H and O–H groups in total. The molecule has 5 heteroatoms. The average Bonchev–Trinajstić information content (AvgIpc) is 2.48. The molecule has 1 heterocycles. The first-order valence-electron chi connectivity index (χ1n) is 6.89. The van der Waals surface area contributed by atoms with Gasteiger partial charge in [0.25, 0.3) is 5.91 Å². The number of piperidine rings is 1. The molecule has 0 aliphatic carbocycles. The summed E-state index contributed by atoms with van der Waals surface area (Å²) in [6, 6.07) is 5.43. The molecule has 2 atom stereocenters. The lowest BCUT2D eigenvalue weighted by Crippen LogP contribution is -2.48. The van der Waals surface area contributed by atoms with Crippen molar-refractivity contribution in [2.24, 2.45) is 5.92 Å². The molecule has 20 heavy (non-hydrogen) atoms. The third-order valence-corrected chi connectivity index (χ3v) is 3.75. The van der Waals surface area contributed by atoms with E-state index in [4.69, 9.17) is 9.47 Å². The Labute approximate surface area is 119 Å². The van der Waals surface area contributed by atoms with Crippen molar-refractivity contribution in [3.8, 4) is 11.5 Å². The Bertz CT molecular complexity index is 476. The van der Waals surface area contributed by atoms with Crippen molar-refractivity contribution >= 4 is 5.91 Å². The largest absolute Gasteiger partial charge is 0.493 e. The third-order valence-electron chi connectivity index (χ3n) is 3.75. The van der Waals surface area contributed by atoms with Crippen LogP contribution in [0.1, 0.15) is 23.7 Å². The van der Waals surface area contributed by atoms with Crippen molar-refractivity contribution < 1.29 is 14.3 Å². The van der Waals surface area contributed by atoms with Crippen LogP contribution in [-0.2, 0) is 0 Å². The van der Waals surface area contributed by atoms with Crippen LogP contribution in [-0.4, -0.2) is 39.3 Å². The average molecular weight is 278 g/mol. The number of carbonyl (C=O) groups is 1. The molecule has 1 fully saturated rings. The van der Waals surface area contributed by atoms with Crippen LogP contribution < -0.4 is 20.1 Å². The van der Waals surface area contributed by atoms with Gasteiger partial charge in [-0.2, -0.15) is 0 Å². The lowest BCUT2D eigenvalue weighted by molar-refractivity contribution is 0.0914. The highest BCUT2D eigenvalue weighted by molar-refractivity contribution is 5.95. The van der Waals surface area contributed by atoms with Crippen LogP contribution >= 0.6 is 0 Å². The minimum atomic E-state index is -0.0651. The molecule has 1 amide bonds. The number of carbonyl (C=O) groups excluding carboxylic acids is 1. The van der Waals surface area contributed by atoms with E-state index in [-0.39, 0.29) is 11.9 Å². The highest BCUT2D eigenvalue weighted by Gasteiger charge is 2.23. The minimum absolute atomic E-state index is 0.0651.